The normalized spacial score (nSPS) is 10.1. The molecule has 0 unspecified atom stereocenters. The summed E-state index contributed by atoms with van der Waals surface area (Å²) >= 11 is 3.50. The third kappa shape index (κ3) is 2.24. The molecular formula is C13H10Br. The molecule has 1 heteroatoms. The van der Waals surface area contributed by atoms with Gasteiger partial charge in [-0.05, 0) is 39.5 Å². The summed E-state index contributed by atoms with van der Waals surface area (Å²) in [5, 5.41) is 0. The van der Waals surface area contributed by atoms with Crippen LogP contribution in [0.5, 0.6) is 0 Å². The number of benzene rings is 2. The molecule has 69 valence electrons. The minimum atomic E-state index is 0.957. The average Bonchev–Trinajstić information content (AvgIpc) is 2.23. The zero-order valence-corrected chi connectivity index (χ0v) is 9.29. The summed E-state index contributed by atoms with van der Waals surface area (Å²) in [6.45, 7) is 0. The number of hydrogen-bond donors (Lipinski definition) is 0. The van der Waals surface area contributed by atoms with Gasteiger partial charge in [0, 0.05) is 4.47 Å². The van der Waals surface area contributed by atoms with Crippen molar-refractivity contribution in [2.45, 2.75) is 6.42 Å². The van der Waals surface area contributed by atoms with Gasteiger partial charge >= 0.3 is 0 Å². The maximum atomic E-state index is 3.50. The molecule has 0 aromatic heterocycles. The van der Waals surface area contributed by atoms with Crippen molar-refractivity contribution in [2.24, 2.45) is 0 Å². The molecule has 0 fully saturated rings. The maximum Gasteiger partial charge on any atom is 0.0289 e. The molecule has 0 atom stereocenters. The summed E-state index contributed by atoms with van der Waals surface area (Å²) in [6, 6.07) is 19.6. The van der Waals surface area contributed by atoms with Crippen LogP contribution in [0.2, 0.25) is 0 Å². The SMILES string of the molecule is Brc1[c]cccc1Cc1ccccc1. The molecule has 2 aromatic carbocycles. The number of hydrogen-bond acceptors (Lipinski definition) is 0. The third-order valence-electron chi connectivity index (χ3n) is 2.12. The first-order valence-electron chi connectivity index (χ1n) is 4.55. The van der Waals surface area contributed by atoms with Gasteiger partial charge in [0.2, 0.25) is 0 Å². The number of halogens is 1. The Labute approximate surface area is 92.7 Å². The molecule has 0 spiro atoms. The summed E-state index contributed by atoms with van der Waals surface area (Å²) in [5.74, 6) is 0. The van der Waals surface area contributed by atoms with Crippen LogP contribution in [0.4, 0.5) is 0 Å². The first-order valence-corrected chi connectivity index (χ1v) is 5.34. The topological polar surface area (TPSA) is 0 Å². The second kappa shape index (κ2) is 4.43. The van der Waals surface area contributed by atoms with E-state index >= 15 is 0 Å². The minimum absolute atomic E-state index is 0.957. The van der Waals surface area contributed by atoms with Crippen LogP contribution in [0.15, 0.2) is 53.0 Å². The van der Waals surface area contributed by atoms with E-state index in [0.717, 1.165) is 10.9 Å². The lowest BCUT2D eigenvalue weighted by molar-refractivity contribution is 1.18. The predicted molar refractivity (Wildman–Crippen MR) is 62.2 cm³/mol. The quantitative estimate of drug-likeness (QED) is 0.755. The molecule has 0 bridgehead atoms. The molecule has 14 heavy (non-hydrogen) atoms. The Balaban J connectivity index is 2.24. The monoisotopic (exact) mass is 245 g/mol. The predicted octanol–water partition coefficient (Wildman–Crippen LogP) is 3.84. The van der Waals surface area contributed by atoms with E-state index in [1.165, 1.54) is 11.1 Å². The first-order chi connectivity index (χ1) is 6.86. The van der Waals surface area contributed by atoms with Crippen molar-refractivity contribution < 1.29 is 0 Å². The van der Waals surface area contributed by atoms with E-state index in [9.17, 15) is 0 Å². The summed E-state index contributed by atoms with van der Waals surface area (Å²) < 4.78 is 1.06. The van der Waals surface area contributed by atoms with E-state index in [4.69, 9.17) is 0 Å². The Morgan fingerprint density at radius 3 is 2.50 bits per heavy atom. The summed E-state index contributed by atoms with van der Waals surface area (Å²) in [7, 11) is 0. The lowest BCUT2D eigenvalue weighted by atomic mass is 10.1. The van der Waals surface area contributed by atoms with Crippen molar-refractivity contribution in [1.29, 1.82) is 0 Å². The second-order valence-corrected chi connectivity index (χ2v) is 3.96. The van der Waals surface area contributed by atoms with Gasteiger partial charge in [-0.25, -0.2) is 0 Å². The Kier molecular flexibility index (Phi) is 3.00. The van der Waals surface area contributed by atoms with Gasteiger partial charge in [0.25, 0.3) is 0 Å². The van der Waals surface area contributed by atoms with E-state index < -0.39 is 0 Å². The van der Waals surface area contributed by atoms with Crippen LogP contribution in [0.3, 0.4) is 0 Å². The summed E-state index contributed by atoms with van der Waals surface area (Å²) in [5.41, 5.74) is 2.60. The van der Waals surface area contributed by atoms with Crippen molar-refractivity contribution >= 4 is 15.9 Å². The first kappa shape index (κ1) is 9.47. The van der Waals surface area contributed by atoms with Crippen molar-refractivity contribution in [3.8, 4) is 0 Å². The zero-order chi connectivity index (χ0) is 9.80. The van der Waals surface area contributed by atoms with Crippen molar-refractivity contribution in [3.63, 3.8) is 0 Å². The molecule has 0 saturated carbocycles. The van der Waals surface area contributed by atoms with Gasteiger partial charge < -0.3 is 0 Å². The van der Waals surface area contributed by atoms with Crippen LogP contribution in [-0.2, 0) is 6.42 Å². The van der Waals surface area contributed by atoms with Crippen LogP contribution in [-0.4, -0.2) is 0 Å². The summed E-state index contributed by atoms with van der Waals surface area (Å²) in [4.78, 5) is 0. The molecule has 0 aliphatic heterocycles. The maximum absolute atomic E-state index is 3.50. The smallest absolute Gasteiger partial charge is 0.0289 e. The molecule has 0 heterocycles. The van der Waals surface area contributed by atoms with Crippen LogP contribution in [0.1, 0.15) is 11.1 Å². The van der Waals surface area contributed by atoms with Crippen LogP contribution in [0.25, 0.3) is 0 Å². The van der Waals surface area contributed by atoms with Crippen LogP contribution in [0, 0.1) is 6.07 Å². The number of rotatable bonds is 2. The highest BCUT2D eigenvalue weighted by Gasteiger charge is 1.99. The third-order valence-corrected chi connectivity index (χ3v) is 2.86. The molecule has 1 radical (unpaired) electrons. The molecular weight excluding hydrogens is 236 g/mol. The van der Waals surface area contributed by atoms with Gasteiger partial charge in [-0.2, -0.15) is 0 Å². The molecule has 0 aliphatic carbocycles. The van der Waals surface area contributed by atoms with Gasteiger partial charge in [0.15, 0.2) is 0 Å². The lowest BCUT2D eigenvalue weighted by Crippen LogP contribution is -1.88. The molecule has 2 aromatic rings. The van der Waals surface area contributed by atoms with Gasteiger partial charge in [0.1, 0.15) is 0 Å². The van der Waals surface area contributed by atoms with Gasteiger partial charge in [-0.3, -0.25) is 0 Å². The highest BCUT2D eigenvalue weighted by Crippen LogP contribution is 2.18. The molecule has 0 saturated heterocycles. The highest BCUT2D eigenvalue weighted by atomic mass is 79.9. The minimum Gasteiger partial charge on any atom is -0.0622 e. The highest BCUT2D eigenvalue weighted by molar-refractivity contribution is 9.10. The summed E-state index contributed by atoms with van der Waals surface area (Å²) in [6.07, 6.45) is 0.957. The molecule has 0 N–H and O–H groups in total. The molecule has 0 nitrogen and oxygen atoms in total. The van der Waals surface area contributed by atoms with E-state index in [-0.39, 0.29) is 0 Å². The van der Waals surface area contributed by atoms with Gasteiger partial charge in [-0.1, -0.05) is 48.5 Å². The van der Waals surface area contributed by atoms with Crippen molar-refractivity contribution in [1.82, 2.24) is 0 Å². The fourth-order valence-electron chi connectivity index (χ4n) is 1.40. The fourth-order valence-corrected chi connectivity index (χ4v) is 1.81. The standard InChI is InChI=1S/C13H10Br/c14-13-9-5-4-8-12(13)10-11-6-2-1-3-7-11/h1-8H,10H2. The van der Waals surface area contributed by atoms with E-state index in [1.54, 1.807) is 0 Å². The zero-order valence-electron chi connectivity index (χ0n) is 7.70. The van der Waals surface area contributed by atoms with Crippen molar-refractivity contribution in [3.05, 3.63) is 70.2 Å². The Morgan fingerprint density at radius 1 is 1.00 bits per heavy atom. The van der Waals surface area contributed by atoms with E-state index in [1.807, 2.05) is 18.2 Å². The molecule has 0 aliphatic rings. The van der Waals surface area contributed by atoms with E-state index in [2.05, 4.69) is 52.3 Å². The second-order valence-electron chi connectivity index (χ2n) is 3.17. The Hall–Kier alpha value is -1.08. The molecule has 0 amide bonds. The Morgan fingerprint density at radius 2 is 1.79 bits per heavy atom. The largest absolute Gasteiger partial charge is 0.0622 e. The van der Waals surface area contributed by atoms with Crippen LogP contribution < -0.4 is 0 Å². The van der Waals surface area contributed by atoms with E-state index in [0.29, 0.717) is 0 Å². The Bertz CT molecular complexity index is 407. The fraction of sp³-hybridized carbons (Fsp3) is 0.0769. The van der Waals surface area contributed by atoms with Crippen molar-refractivity contribution in [2.75, 3.05) is 0 Å². The van der Waals surface area contributed by atoms with Gasteiger partial charge in [-0.15, -0.1) is 0 Å². The lowest BCUT2D eigenvalue weighted by Gasteiger charge is -2.03. The van der Waals surface area contributed by atoms with Crippen LogP contribution >= 0.6 is 15.9 Å². The molecule has 2 rings (SSSR count). The van der Waals surface area contributed by atoms with Gasteiger partial charge in [0.05, 0.1) is 0 Å². The average molecular weight is 246 g/mol.